The minimum Gasteiger partial charge on any atom is -0.458 e. The van der Waals surface area contributed by atoms with Crippen molar-refractivity contribution >= 4 is 12.1 Å². The van der Waals surface area contributed by atoms with Crippen LogP contribution in [0.3, 0.4) is 0 Å². The largest absolute Gasteiger partial charge is 0.458 e. The molecule has 0 aromatic heterocycles. The molecular formula is C21H26N2O4. The second kappa shape index (κ2) is 11.0. The molecule has 6 heteroatoms. The van der Waals surface area contributed by atoms with Gasteiger partial charge in [-0.1, -0.05) is 60.7 Å². The standard InChI is InChI=1S/C21H26N2O4/c1-22-13-14-23(2)21(25)27-19(15-17-9-5-3-6-10-17)20(24)26-16-18-11-7-4-8-12-18/h3-12,19,22H,13-16H2,1-2H3/t19-/m0/s1. The van der Waals surface area contributed by atoms with E-state index in [1.165, 1.54) is 4.90 Å². The molecule has 27 heavy (non-hydrogen) atoms. The van der Waals surface area contributed by atoms with Gasteiger partial charge in [0, 0.05) is 26.6 Å². The zero-order chi connectivity index (χ0) is 19.5. The molecule has 1 N–H and O–H groups in total. The summed E-state index contributed by atoms with van der Waals surface area (Å²) in [6.07, 6.45) is -1.29. The predicted molar refractivity (Wildman–Crippen MR) is 103 cm³/mol. The molecule has 0 saturated carbocycles. The van der Waals surface area contributed by atoms with E-state index in [0.717, 1.165) is 11.1 Å². The number of carbonyl (C=O) groups is 2. The van der Waals surface area contributed by atoms with Crippen LogP contribution < -0.4 is 5.32 Å². The summed E-state index contributed by atoms with van der Waals surface area (Å²) in [4.78, 5) is 26.3. The molecule has 0 aliphatic heterocycles. The zero-order valence-electron chi connectivity index (χ0n) is 15.8. The topological polar surface area (TPSA) is 67.9 Å². The number of ether oxygens (including phenoxy) is 2. The van der Waals surface area contributed by atoms with Crippen LogP contribution in [-0.4, -0.2) is 50.3 Å². The Kier molecular flexibility index (Phi) is 8.32. The minimum absolute atomic E-state index is 0.137. The maximum Gasteiger partial charge on any atom is 0.410 e. The number of likely N-dealkylation sites (N-methyl/N-ethyl adjacent to an activating group) is 2. The first-order valence-corrected chi connectivity index (χ1v) is 8.91. The van der Waals surface area contributed by atoms with E-state index in [0.29, 0.717) is 13.1 Å². The second-order valence-electron chi connectivity index (χ2n) is 6.18. The van der Waals surface area contributed by atoms with Crippen LogP contribution in [0.5, 0.6) is 0 Å². The Morgan fingerprint density at radius 1 is 1.00 bits per heavy atom. The molecule has 2 aromatic carbocycles. The lowest BCUT2D eigenvalue weighted by atomic mass is 10.1. The zero-order valence-corrected chi connectivity index (χ0v) is 15.8. The van der Waals surface area contributed by atoms with Crippen molar-refractivity contribution in [2.24, 2.45) is 0 Å². The van der Waals surface area contributed by atoms with E-state index in [4.69, 9.17) is 9.47 Å². The molecule has 0 unspecified atom stereocenters. The fourth-order valence-corrected chi connectivity index (χ4v) is 2.41. The van der Waals surface area contributed by atoms with Crippen molar-refractivity contribution in [3.05, 3.63) is 71.8 Å². The molecule has 1 amide bonds. The Hall–Kier alpha value is -2.86. The molecule has 0 aliphatic carbocycles. The lowest BCUT2D eigenvalue weighted by Gasteiger charge is -2.22. The third kappa shape index (κ3) is 7.11. The van der Waals surface area contributed by atoms with Crippen LogP contribution in [-0.2, 0) is 27.3 Å². The monoisotopic (exact) mass is 370 g/mol. The fourth-order valence-electron chi connectivity index (χ4n) is 2.41. The average molecular weight is 370 g/mol. The molecule has 0 spiro atoms. The van der Waals surface area contributed by atoms with Crippen LogP contribution >= 0.6 is 0 Å². The molecule has 6 nitrogen and oxygen atoms in total. The maximum absolute atomic E-state index is 12.6. The molecule has 2 rings (SSSR count). The van der Waals surface area contributed by atoms with Crippen LogP contribution in [0.4, 0.5) is 4.79 Å². The van der Waals surface area contributed by atoms with Crippen molar-refractivity contribution in [1.82, 2.24) is 10.2 Å². The highest BCUT2D eigenvalue weighted by Crippen LogP contribution is 2.11. The number of amides is 1. The molecule has 0 heterocycles. The second-order valence-corrected chi connectivity index (χ2v) is 6.18. The summed E-state index contributed by atoms with van der Waals surface area (Å²) in [5.41, 5.74) is 1.77. The smallest absolute Gasteiger partial charge is 0.410 e. The van der Waals surface area contributed by atoms with E-state index < -0.39 is 18.2 Å². The molecule has 0 bridgehead atoms. The summed E-state index contributed by atoms with van der Waals surface area (Å²) in [6.45, 7) is 1.25. The summed E-state index contributed by atoms with van der Waals surface area (Å²) in [7, 11) is 3.44. The van der Waals surface area contributed by atoms with Crippen LogP contribution in [0.25, 0.3) is 0 Å². The van der Waals surface area contributed by atoms with E-state index in [9.17, 15) is 9.59 Å². The lowest BCUT2D eigenvalue weighted by Crippen LogP contribution is -2.39. The van der Waals surface area contributed by atoms with Gasteiger partial charge < -0.3 is 19.7 Å². The third-order valence-corrected chi connectivity index (χ3v) is 4.00. The first kappa shape index (κ1) is 20.5. The number of benzene rings is 2. The normalized spacial score (nSPS) is 11.5. The Morgan fingerprint density at radius 2 is 1.59 bits per heavy atom. The minimum atomic E-state index is -0.999. The van der Waals surface area contributed by atoms with Gasteiger partial charge in [-0.2, -0.15) is 0 Å². The number of hydrogen-bond donors (Lipinski definition) is 1. The average Bonchev–Trinajstić information content (AvgIpc) is 2.71. The summed E-state index contributed by atoms with van der Waals surface area (Å²) >= 11 is 0. The van der Waals surface area contributed by atoms with Crippen molar-refractivity contribution in [3.8, 4) is 0 Å². The predicted octanol–water partition coefficient (Wildman–Crippen LogP) is 2.63. The molecule has 0 fully saturated rings. The van der Waals surface area contributed by atoms with Crippen molar-refractivity contribution in [1.29, 1.82) is 0 Å². The number of hydrogen-bond acceptors (Lipinski definition) is 5. The maximum atomic E-state index is 12.6. The van der Waals surface area contributed by atoms with Crippen molar-refractivity contribution in [2.75, 3.05) is 27.2 Å². The Labute approximate surface area is 160 Å². The Bertz CT molecular complexity index is 707. The first-order chi connectivity index (χ1) is 13.1. The highest BCUT2D eigenvalue weighted by Gasteiger charge is 2.26. The molecule has 144 valence electrons. The molecule has 0 radical (unpaired) electrons. The summed E-state index contributed by atoms with van der Waals surface area (Å²) in [5.74, 6) is -0.557. The van der Waals surface area contributed by atoms with Gasteiger partial charge >= 0.3 is 12.1 Å². The number of esters is 1. The quantitative estimate of drug-likeness (QED) is 0.688. The number of rotatable bonds is 9. The SMILES string of the molecule is CNCCN(C)C(=O)O[C@@H](Cc1ccccc1)C(=O)OCc1ccccc1. The van der Waals surface area contributed by atoms with E-state index in [1.54, 1.807) is 14.1 Å². The van der Waals surface area contributed by atoms with Crippen LogP contribution in [0.2, 0.25) is 0 Å². The van der Waals surface area contributed by atoms with Gasteiger partial charge in [0.15, 0.2) is 0 Å². The summed E-state index contributed by atoms with van der Waals surface area (Å²) in [6, 6.07) is 18.8. The summed E-state index contributed by atoms with van der Waals surface area (Å²) in [5, 5.41) is 2.97. The van der Waals surface area contributed by atoms with E-state index in [-0.39, 0.29) is 13.0 Å². The Morgan fingerprint density at radius 3 is 2.19 bits per heavy atom. The fraction of sp³-hybridized carbons (Fsp3) is 0.333. The molecule has 1 atom stereocenters. The number of carbonyl (C=O) groups excluding carboxylic acids is 2. The van der Waals surface area contributed by atoms with Gasteiger partial charge in [-0.05, 0) is 18.2 Å². The molecular weight excluding hydrogens is 344 g/mol. The number of nitrogens with zero attached hydrogens (tertiary/aromatic N) is 1. The van der Waals surface area contributed by atoms with Crippen LogP contribution in [0, 0.1) is 0 Å². The van der Waals surface area contributed by atoms with Gasteiger partial charge in [0.05, 0.1) is 0 Å². The highest BCUT2D eigenvalue weighted by atomic mass is 16.6. The molecule has 2 aromatic rings. The van der Waals surface area contributed by atoms with E-state index >= 15 is 0 Å². The van der Waals surface area contributed by atoms with Crippen molar-refractivity contribution < 1.29 is 19.1 Å². The van der Waals surface area contributed by atoms with Crippen molar-refractivity contribution in [3.63, 3.8) is 0 Å². The van der Waals surface area contributed by atoms with Gasteiger partial charge in [0.1, 0.15) is 6.61 Å². The van der Waals surface area contributed by atoms with Gasteiger partial charge in [-0.15, -0.1) is 0 Å². The lowest BCUT2D eigenvalue weighted by molar-refractivity contribution is -0.155. The van der Waals surface area contributed by atoms with Gasteiger partial charge in [-0.25, -0.2) is 9.59 Å². The van der Waals surface area contributed by atoms with Gasteiger partial charge in [0.25, 0.3) is 0 Å². The van der Waals surface area contributed by atoms with Crippen LogP contribution in [0.15, 0.2) is 60.7 Å². The summed E-state index contributed by atoms with van der Waals surface area (Å²) < 4.78 is 10.8. The van der Waals surface area contributed by atoms with E-state index in [2.05, 4.69) is 5.32 Å². The van der Waals surface area contributed by atoms with E-state index in [1.807, 2.05) is 60.7 Å². The van der Waals surface area contributed by atoms with Gasteiger partial charge in [-0.3, -0.25) is 0 Å². The number of nitrogens with one attached hydrogen (secondary N) is 1. The molecule has 0 aliphatic rings. The third-order valence-electron chi connectivity index (χ3n) is 4.00. The highest BCUT2D eigenvalue weighted by molar-refractivity contribution is 5.79. The first-order valence-electron chi connectivity index (χ1n) is 8.91. The van der Waals surface area contributed by atoms with Crippen LogP contribution in [0.1, 0.15) is 11.1 Å². The molecule has 0 saturated heterocycles. The van der Waals surface area contributed by atoms with Crippen molar-refractivity contribution in [2.45, 2.75) is 19.1 Å². The van der Waals surface area contributed by atoms with Gasteiger partial charge in [0.2, 0.25) is 6.10 Å². The Balaban J connectivity index is 2.01.